The first-order valence-electron chi connectivity index (χ1n) is 5.50. The van der Waals surface area contributed by atoms with E-state index in [-0.39, 0.29) is 6.42 Å². The number of nitrogens with one attached hydrogen (secondary N) is 1. The van der Waals surface area contributed by atoms with Crippen LogP contribution in [0.15, 0.2) is 24.3 Å². The minimum atomic E-state index is -1.02. The van der Waals surface area contributed by atoms with Crippen molar-refractivity contribution in [2.24, 2.45) is 11.5 Å². The number of benzene rings is 1. The summed E-state index contributed by atoms with van der Waals surface area (Å²) < 4.78 is 13.4. The fourth-order valence-corrected chi connectivity index (χ4v) is 1.53. The number of halogens is 1. The van der Waals surface area contributed by atoms with Gasteiger partial charge in [0.1, 0.15) is 5.82 Å². The molecule has 0 aliphatic rings. The zero-order valence-corrected chi connectivity index (χ0v) is 10.0. The Morgan fingerprint density at radius 1 is 1.39 bits per heavy atom. The Labute approximate surface area is 104 Å². The molecular weight excluding hydrogens is 237 g/mol. The van der Waals surface area contributed by atoms with Crippen molar-refractivity contribution in [3.63, 3.8) is 0 Å². The maximum atomic E-state index is 13.4. The van der Waals surface area contributed by atoms with Gasteiger partial charge in [0.25, 0.3) is 0 Å². The largest absolute Gasteiger partial charge is 0.370 e. The van der Waals surface area contributed by atoms with Crippen LogP contribution in [0.3, 0.4) is 0 Å². The van der Waals surface area contributed by atoms with Crippen molar-refractivity contribution >= 4 is 11.8 Å². The Bertz CT molecular complexity index is 451. The first kappa shape index (κ1) is 14.1. The second-order valence-electron chi connectivity index (χ2n) is 4.03. The summed E-state index contributed by atoms with van der Waals surface area (Å²) in [5, 5.41) is 2.53. The minimum absolute atomic E-state index is 0.240. The third kappa shape index (κ3) is 3.81. The molecule has 5 N–H and O–H groups in total. The molecule has 0 aliphatic carbocycles. The zero-order valence-electron chi connectivity index (χ0n) is 10.0. The first-order chi connectivity index (χ1) is 8.41. The van der Waals surface area contributed by atoms with Crippen molar-refractivity contribution in [1.82, 2.24) is 5.32 Å². The molecular formula is C12H16FN3O2. The van der Waals surface area contributed by atoms with Crippen molar-refractivity contribution < 1.29 is 14.0 Å². The van der Waals surface area contributed by atoms with E-state index in [0.717, 1.165) is 0 Å². The summed E-state index contributed by atoms with van der Waals surface area (Å²) in [6, 6.07) is 4.56. The van der Waals surface area contributed by atoms with Crippen LogP contribution in [-0.4, -0.2) is 17.9 Å². The van der Waals surface area contributed by atoms with E-state index >= 15 is 0 Å². The number of rotatable bonds is 5. The smallest absolute Gasteiger partial charge is 0.237 e. The number of hydrogen-bond acceptors (Lipinski definition) is 3. The lowest BCUT2D eigenvalue weighted by molar-refractivity contribution is -0.126. The summed E-state index contributed by atoms with van der Waals surface area (Å²) in [6.45, 7) is 1.63. The molecule has 1 aromatic carbocycles. The molecule has 2 amide bonds. The maximum Gasteiger partial charge on any atom is 0.237 e. The fourth-order valence-electron chi connectivity index (χ4n) is 1.53. The lowest BCUT2D eigenvalue weighted by atomic mass is 10.1. The Morgan fingerprint density at radius 3 is 2.56 bits per heavy atom. The first-order valence-corrected chi connectivity index (χ1v) is 5.50. The lowest BCUT2D eigenvalue weighted by Crippen LogP contribution is -2.43. The Morgan fingerprint density at radius 2 is 2.00 bits per heavy atom. The summed E-state index contributed by atoms with van der Waals surface area (Å²) >= 11 is 0. The van der Waals surface area contributed by atoms with Gasteiger partial charge in [0.15, 0.2) is 0 Å². The molecule has 0 aromatic heterocycles. The van der Waals surface area contributed by atoms with Gasteiger partial charge in [-0.1, -0.05) is 18.2 Å². The van der Waals surface area contributed by atoms with E-state index in [2.05, 4.69) is 5.32 Å². The molecule has 0 saturated carbocycles. The van der Waals surface area contributed by atoms with Crippen LogP contribution in [0.4, 0.5) is 4.39 Å². The molecule has 1 aromatic rings. The van der Waals surface area contributed by atoms with Gasteiger partial charge < -0.3 is 16.8 Å². The number of nitrogens with two attached hydrogens (primary N) is 2. The summed E-state index contributed by atoms with van der Waals surface area (Å²) in [5.74, 6) is -1.60. The maximum absolute atomic E-state index is 13.4. The Hall–Kier alpha value is -1.95. The van der Waals surface area contributed by atoms with Gasteiger partial charge in [-0.05, 0) is 13.0 Å². The second-order valence-corrected chi connectivity index (χ2v) is 4.03. The highest BCUT2D eigenvalue weighted by molar-refractivity contribution is 5.87. The lowest BCUT2D eigenvalue weighted by Gasteiger charge is -2.17. The van der Waals surface area contributed by atoms with E-state index in [1.54, 1.807) is 25.1 Å². The van der Waals surface area contributed by atoms with Crippen molar-refractivity contribution in [3.8, 4) is 0 Å². The molecule has 0 radical (unpaired) electrons. The predicted octanol–water partition coefficient (Wildman–Crippen LogP) is 0.206. The third-order valence-electron chi connectivity index (χ3n) is 2.49. The van der Waals surface area contributed by atoms with Crippen LogP contribution < -0.4 is 16.8 Å². The van der Waals surface area contributed by atoms with Crippen LogP contribution >= 0.6 is 0 Å². The van der Waals surface area contributed by atoms with Crippen molar-refractivity contribution in [1.29, 1.82) is 0 Å². The minimum Gasteiger partial charge on any atom is -0.370 e. The number of primary amides is 1. The Balaban J connectivity index is 2.65. The number of hydrogen-bond donors (Lipinski definition) is 3. The molecule has 6 heteroatoms. The number of carbonyl (C=O) groups excluding carboxylic acids is 2. The monoisotopic (exact) mass is 253 g/mol. The fraction of sp³-hybridized carbons (Fsp3) is 0.333. The quantitative estimate of drug-likeness (QED) is 0.699. The number of carbonyl (C=O) groups is 2. The Kier molecular flexibility index (Phi) is 4.79. The van der Waals surface area contributed by atoms with E-state index < -0.39 is 29.7 Å². The van der Waals surface area contributed by atoms with Gasteiger partial charge in [-0.15, -0.1) is 0 Å². The summed E-state index contributed by atoms with van der Waals surface area (Å²) in [6.07, 6.45) is -0.240. The molecule has 1 unspecified atom stereocenters. The van der Waals surface area contributed by atoms with Crippen LogP contribution in [0.1, 0.15) is 24.9 Å². The molecule has 2 atom stereocenters. The van der Waals surface area contributed by atoms with Crippen molar-refractivity contribution in [2.75, 3.05) is 0 Å². The SMILES string of the molecule is C[C@@H](NC(=O)C(N)CC(N)=O)c1ccccc1F. The van der Waals surface area contributed by atoms with Crippen LogP contribution in [0, 0.1) is 5.82 Å². The molecule has 18 heavy (non-hydrogen) atoms. The van der Waals surface area contributed by atoms with Gasteiger partial charge >= 0.3 is 0 Å². The molecule has 1 rings (SSSR count). The van der Waals surface area contributed by atoms with E-state index in [1.807, 2.05) is 0 Å². The molecule has 0 aliphatic heterocycles. The normalized spacial score (nSPS) is 13.7. The van der Waals surface area contributed by atoms with Gasteiger partial charge in [-0.3, -0.25) is 9.59 Å². The van der Waals surface area contributed by atoms with Crippen molar-refractivity contribution in [3.05, 3.63) is 35.6 Å². The van der Waals surface area contributed by atoms with Crippen LogP contribution in [0.25, 0.3) is 0 Å². The predicted molar refractivity (Wildman–Crippen MR) is 64.7 cm³/mol. The zero-order chi connectivity index (χ0) is 13.7. The highest BCUT2D eigenvalue weighted by Gasteiger charge is 2.19. The molecule has 0 saturated heterocycles. The van der Waals surface area contributed by atoms with E-state index in [4.69, 9.17) is 11.5 Å². The summed E-state index contributed by atoms with van der Waals surface area (Å²) in [4.78, 5) is 22.2. The second kappa shape index (κ2) is 6.11. The highest BCUT2D eigenvalue weighted by Crippen LogP contribution is 2.15. The molecule has 0 spiro atoms. The van der Waals surface area contributed by atoms with Crippen molar-refractivity contribution in [2.45, 2.75) is 25.4 Å². The molecule has 0 heterocycles. The molecule has 0 bridgehead atoms. The standard InChI is InChI=1S/C12H16FN3O2/c1-7(8-4-2-3-5-9(8)13)16-12(18)10(14)6-11(15)17/h2-5,7,10H,6,14H2,1H3,(H2,15,17)(H,16,18)/t7-,10?/m1/s1. The third-order valence-corrected chi connectivity index (χ3v) is 2.49. The van der Waals surface area contributed by atoms with Gasteiger partial charge in [0, 0.05) is 5.56 Å². The van der Waals surface area contributed by atoms with Gasteiger partial charge in [0.05, 0.1) is 18.5 Å². The molecule has 98 valence electrons. The number of amides is 2. The molecule has 5 nitrogen and oxygen atoms in total. The average molecular weight is 253 g/mol. The van der Waals surface area contributed by atoms with Crippen LogP contribution in [-0.2, 0) is 9.59 Å². The summed E-state index contributed by atoms with van der Waals surface area (Å²) in [7, 11) is 0. The van der Waals surface area contributed by atoms with E-state index in [1.165, 1.54) is 6.07 Å². The topological polar surface area (TPSA) is 98.2 Å². The van der Waals surface area contributed by atoms with E-state index in [0.29, 0.717) is 5.56 Å². The van der Waals surface area contributed by atoms with Gasteiger partial charge in [-0.2, -0.15) is 0 Å². The van der Waals surface area contributed by atoms with E-state index in [9.17, 15) is 14.0 Å². The highest BCUT2D eigenvalue weighted by atomic mass is 19.1. The van der Waals surface area contributed by atoms with Gasteiger partial charge in [0.2, 0.25) is 11.8 Å². The average Bonchev–Trinajstić information content (AvgIpc) is 2.28. The van der Waals surface area contributed by atoms with Crippen LogP contribution in [0.5, 0.6) is 0 Å². The molecule has 0 fully saturated rings. The van der Waals surface area contributed by atoms with Crippen LogP contribution in [0.2, 0.25) is 0 Å². The summed E-state index contributed by atoms with van der Waals surface area (Å²) in [5.41, 5.74) is 10.8. The van der Waals surface area contributed by atoms with Gasteiger partial charge in [-0.25, -0.2) is 4.39 Å².